The third kappa shape index (κ3) is 4.45. The Kier molecular flexibility index (Phi) is 6.77. The molecule has 1 aliphatic rings. The van der Waals surface area contributed by atoms with E-state index in [0.717, 1.165) is 10.3 Å². The highest BCUT2D eigenvalue weighted by molar-refractivity contribution is 7.22. The van der Waals surface area contributed by atoms with Crippen LogP contribution in [0.4, 0.5) is 5.13 Å². The lowest BCUT2D eigenvalue weighted by atomic mass is 9.95. The van der Waals surface area contributed by atoms with Crippen molar-refractivity contribution in [3.63, 3.8) is 0 Å². The summed E-state index contributed by atoms with van der Waals surface area (Å²) >= 11 is 1.31. The second-order valence-corrected chi connectivity index (χ2v) is 9.79. The number of amides is 1. The molecule has 0 saturated heterocycles. The summed E-state index contributed by atoms with van der Waals surface area (Å²) in [5, 5.41) is 11.4. The van der Waals surface area contributed by atoms with Crippen molar-refractivity contribution in [3.8, 4) is 11.5 Å². The Morgan fingerprint density at radius 3 is 2.68 bits per heavy atom. The van der Waals surface area contributed by atoms with Gasteiger partial charge in [0.25, 0.3) is 5.91 Å². The number of nitrogens with zero attached hydrogens (tertiary/aromatic N) is 2. The van der Waals surface area contributed by atoms with Crippen LogP contribution in [0.2, 0.25) is 0 Å². The van der Waals surface area contributed by atoms with Crippen molar-refractivity contribution in [1.29, 1.82) is 0 Å². The second kappa shape index (κ2) is 10.2. The summed E-state index contributed by atoms with van der Waals surface area (Å²) in [4.78, 5) is 33.2. The van der Waals surface area contributed by atoms with E-state index in [0.29, 0.717) is 40.1 Å². The number of furan rings is 1. The number of anilines is 1. The van der Waals surface area contributed by atoms with Gasteiger partial charge in [-0.1, -0.05) is 36.1 Å². The van der Waals surface area contributed by atoms with Crippen molar-refractivity contribution >= 4 is 38.4 Å². The van der Waals surface area contributed by atoms with E-state index in [1.165, 1.54) is 22.3 Å². The van der Waals surface area contributed by atoms with Crippen molar-refractivity contribution in [3.05, 3.63) is 95.2 Å². The Labute approximate surface area is 223 Å². The van der Waals surface area contributed by atoms with Gasteiger partial charge in [-0.3, -0.25) is 14.5 Å². The van der Waals surface area contributed by atoms with Crippen LogP contribution >= 0.6 is 11.3 Å². The van der Waals surface area contributed by atoms with Gasteiger partial charge in [-0.2, -0.15) is 0 Å². The molecule has 8 nitrogen and oxygen atoms in total. The van der Waals surface area contributed by atoms with Gasteiger partial charge in [0, 0.05) is 0 Å². The number of carbonyl (C=O) groups is 2. The van der Waals surface area contributed by atoms with Crippen LogP contribution in [0, 0.1) is 13.8 Å². The van der Waals surface area contributed by atoms with Crippen molar-refractivity contribution < 1.29 is 28.6 Å². The van der Waals surface area contributed by atoms with Crippen LogP contribution in [0.3, 0.4) is 0 Å². The fraction of sp³-hybridized carbons (Fsp3) is 0.207. The first-order chi connectivity index (χ1) is 18.3. The second-order valence-electron chi connectivity index (χ2n) is 8.79. The first-order valence-electron chi connectivity index (χ1n) is 12.1. The van der Waals surface area contributed by atoms with Crippen molar-refractivity contribution in [2.45, 2.75) is 26.8 Å². The van der Waals surface area contributed by atoms with Crippen LogP contribution in [0.5, 0.6) is 11.5 Å². The standard InChI is InChI=1S/C29H26N2O6S/c1-5-13-36-20-12-9-18(15-22(20)35-6-2)25-24(26(32)21-11-8-17(4)37-21)27(33)28(34)31(25)29-30-19-10-7-16(3)14-23(19)38-29/h5,7-12,14-15,25,33H,1,6,13H2,2-4H3. The zero-order chi connectivity index (χ0) is 27.0. The van der Waals surface area contributed by atoms with E-state index in [-0.39, 0.29) is 17.9 Å². The summed E-state index contributed by atoms with van der Waals surface area (Å²) in [5.74, 6) is -0.458. The lowest BCUT2D eigenvalue weighted by molar-refractivity contribution is -0.117. The highest BCUT2D eigenvalue weighted by Gasteiger charge is 2.46. The zero-order valence-corrected chi connectivity index (χ0v) is 22.0. The van der Waals surface area contributed by atoms with E-state index < -0.39 is 23.5 Å². The number of hydrogen-bond acceptors (Lipinski definition) is 8. The predicted molar refractivity (Wildman–Crippen MR) is 145 cm³/mol. The van der Waals surface area contributed by atoms with Crippen molar-refractivity contribution in [1.82, 2.24) is 4.98 Å². The summed E-state index contributed by atoms with van der Waals surface area (Å²) in [7, 11) is 0. The van der Waals surface area contributed by atoms with E-state index in [2.05, 4.69) is 11.6 Å². The molecular formula is C29H26N2O6S. The molecule has 2 aromatic carbocycles. The Balaban J connectivity index is 1.67. The molecule has 1 N–H and O–H groups in total. The smallest absolute Gasteiger partial charge is 0.296 e. The van der Waals surface area contributed by atoms with Crippen LogP contribution in [0.1, 0.15) is 40.4 Å². The van der Waals surface area contributed by atoms with Gasteiger partial charge < -0.3 is 19.0 Å². The molecule has 5 rings (SSSR count). The molecule has 4 aromatic rings. The third-order valence-electron chi connectivity index (χ3n) is 6.10. The molecule has 0 saturated carbocycles. The van der Waals surface area contributed by atoms with E-state index in [9.17, 15) is 14.7 Å². The van der Waals surface area contributed by atoms with Crippen LogP contribution in [0.15, 0.2) is 76.9 Å². The fourth-order valence-corrected chi connectivity index (χ4v) is 5.48. The number of fused-ring (bicyclic) bond motifs is 1. The maximum absolute atomic E-state index is 13.6. The number of aliphatic hydroxyl groups excluding tert-OH is 1. The van der Waals surface area contributed by atoms with Gasteiger partial charge in [-0.05, 0) is 68.3 Å². The summed E-state index contributed by atoms with van der Waals surface area (Å²) in [6, 6.07) is 13.2. The maximum atomic E-state index is 13.6. The van der Waals surface area contributed by atoms with E-state index in [1.54, 1.807) is 37.3 Å². The molecule has 0 bridgehead atoms. The SMILES string of the molecule is C=CCOc1ccc(C2C(C(=O)c3ccc(C)o3)=C(O)C(=O)N2c2nc3ccc(C)cc3s2)cc1OCC. The Morgan fingerprint density at radius 2 is 1.97 bits per heavy atom. The Hall–Kier alpha value is -4.37. The maximum Gasteiger partial charge on any atom is 0.296 e. The quantitative estimate of drug-likeness (QED) is 0.201. The molecule has 0 spiro atoms. The molecule has 1 unspecified atom stereocenters. The Bertz CT molecular complexity index is 1600. The van der Waals surface area contributed by atoms with Gasteiger partial charge in [0.05, 0.1) is 28.4 Å². The van der Waals surface area contributed by atoms with E-state index >= 15 is 0 Å². The molecule has 3 heterocycles. The van der Waals surface area contributed by atoms with Crippen molar-refractivity contribution in [2.24, 2.45) is 0 Å². The molecule has 9 heteroatoms. The molecule has 1 amide bonds. The first kappa shape index (κ1) is 25.3. The molecule has 1 atom stereocenters. The minimum Gasteiger partial charge on any atom is -0.503 e. The monoisotopic (exact) mass is 530 g/mol. The number of Topliss-reactive ketones (excluding diaryl/α,β-unsaturated/α-hetero) is 1. The molecular weight excluding hydrogens is 504 g/mol. The third-order valence-corrected chi connectivity index (χ3v) is 7.11. The lowest BCUT2D eigenvalue weighted by Crippen LogP contribution is -2.31. The van der Waals surface area contributed by atoms with Gasteiger partial charge in [-0.25, -0.2) is 4.98 Å². The number of aromatic nitrogens is 1. The minimum absolute atomic E-state index is 0.0274. The molecule has 194 valence electrons. The van der Waals surface area contributed by atoms with Crippen LogP contribution in [0.25, 0.3) is 10.2 Å². The molecule has 1 aliphatic heterocycles. The lowest BCUT2D eigenvalue weighted by Gasteiger charge is -2.25. The summed E-state index contributed by atoms with van der Waals surface area (Å²) in [5.41, 5.74) is 2.21. The largest absolute Gasteiger partial charge is 0.503 e. The number of benzene rings is 2. The van der Waals surface area contributed by atoms with Gasteiger partial charge in [-0.15, -0.1) is 0 Å². The fourth-order valence-electron chi connectivity index (χ4n) is 4.39. The number of aliphatic hydroxyl groups is 1. The van der Waals surface area contributed by atoms with Crippen LogP contribution in [-0.2, 0) is 4.79 Å². The zero-order valence-electron chi connectivity index (χ0n) is 21.2. The first-order valence-corrected chi connectivity index (χ1v) is 12.9. The normalized spacial score (nSPS) is 15.4. The highest BCUT2D eigenvalue weighted by Crippen LogP contribution is 2.46. The van der Waals surface area contributed by atoms with Crippen molar-refractivity contribution in [2.75, 3.05) is 18.1 Å². The molecule has 2 aromatic heterocycles. The van der Waals surface area contributed by atoms with Crippen LogP contribution < -0.4 is 14.4 Å². The number of ketones is 1. The van der Waals surface area contributed by atoms with Gasteiger partial charge in [0.2, 0.25) is 5.78 Å². The topological polar surface area (TPSA) is 102 Å². The summed E-state index contributed by atoms with van der Waals surface area (Å²) in [6.07, 6.45) is 1.62. The van der Waals surface area contributed by atoms with Gasteiger partial charge >= 0.3 is 0 Å². The minimum atomic E-state index is -0.977. The number of thiazole rings is 1. The number of aryl methyl sites for hydroxylation is 2. The number of hydrogen-bond donors (Lipinski definition) is 1. The molecule has 0 aliphatic carbocycles. The van der Waals surface area contributed by atoms with Crippen LogP contribution in [-0.4, -0.2) is 35.0 Å². The molecule has 38 heavy (non-hydrogen) atoms. The summed E-state index contributed by atoms with van der Waals surface area (Å²) in [6.45, 7) is 9.87. The Morgan fingerprint density at radius 1 is 1.16 bits per heavy atom. The number of ether oxygens (including phenoxy) is 2. The highest BCUT2D eigenvalue weighted by atomic mass is 32.1. The van der Waals surface area contributed by atoms with E-state index in [4.69, 9.17) is 13.9 Å². The number of carbonyl (C=O) groups excluding carboxylic acids is 2. The number of rotatable bonds is 9. The van der Waals surface area contributed by atoms with Gasteiger partial charge in [0.1, 0.15) is 12.4 Å². The van der Waals surface area contributed by atoms with E-state index in [1.807, 2.05) is 32.0 Å². The molecule has 0 radical (unpaired) electrons. The molecule has 0 fully saturated rings. The van der Waals surface area contributed by atoms with Gasteiger partial charge in [0.15, 0.2) is 28.1 Å². The average Bonchev–Trinajstić information content (AvgIpc) is 3.59. The average molecular weight is 531 g/mol. The summed E-state index contributed by atoms with van der Waals surface area (Å²) < 4.78 is 18.0. The predicted octanol–water partition coefficient (Wildman–Crippen LogP) is 6.25.